The standard InChI is InChI=1S/C10H9N4/c1-7-6-13-8(2)14-9(7)10-11-4-3-5-12-10/h3-5H,1-2H3. The van der Waals surface area contributed by atoms with Gasteiger partial charge in [-0.15, -0.1) is 0 Å². The fourth-order valence-electron chi connectivity index (χ4n) is 1.13. The zero-order valence-corrected chi connectivity index (χ0v) is 8.02. The minimum Gasteiger partial charge on any atom is -0.235 e. The van der Waals surface area contributed by atoms with Crippen LogP contribution in [0, 0.1) is 20.0 Å². The molecule has 0 N–H and O–H groups in total. The van der Waals surface area contributed by atoms with Crippen LogP contribution in [0.5, 0.6) is 0 Å². The van der Waals surface area contributed by atoms with E-state index in [4.69, 9.17) is 0 Å². The third-order valence-electron chi connectivity index (χ3n) is 1.79. The predicted octanol–water partition coefficient (Wildman–Crippen LogP) is 1.35. The van der Waals surface area contributed by atoms with Gasteiger partial charge in [0.25, 0.3) is 0 Å². The quantitative estimate of drug-likeness (QED) is 0.673. The van der Waals surface area contributed by atoms with Crippen molar-refractivity contribution in [2.75, 3.05) is 0 Å². The van der Waals surface area contributed by atoms with E-state index in [0.717, 1.165) is 11.3 Å². The third kappa shape index (κ3) is 1.59. The largest absolute Gasteiger partial charge is 0.235 e. The average molecular weight is 185 g/mol. The molecule has 0 fully saturated rings. The lowest BCUT2D eigenvalue weighted by Gasteiger charge is -2.02. The van der Waals surface area contributed by atoms with Gasteiger partial charge in [-0.05, 0) is 19.9 Å². The van der Waals surface area contributed by atoms with Crippen LogP contribution in [-0.2, 0) is 0 Å². The van der Waals surface area contributed by atoms with Crippen molar-refractivity contribution in [1.29, 1.82) is 0 Å². The molecule has 2 heterocycles. The van der Waals surface area contributed by atoms with Gasteiger partial charge in [0.1, 0.15) is 11.5 Å². The van der Waals surface area contributed by atoms with E-state index < -0.39 is 0 Å². The zero-order valence-electron chi connectivity index (χ0n) is 8.02. The summed E-state index contributed by atoms with van der Waals surface area (Å²) in [6.45, 7) is 3.72. The first kappa shape index (κ1) is 8.74. The Labute approximate surface area is 82.1 Å². The molecule has 0 spiro atoms. The van der Waals surface area contributed by atoms with Gasteiger partial charge in [-0.25, -0.2) is 19.9 Å². The van der Waals surface area contributed by atoms with E-state index in [-0.39, 0.29) is 0 Å². The average Bonchev–Trinajstić information content (AvgIpc) is 2.23. The highest BCUT2D eigenvalue weighted by molar-refractivity contribution is 5.52. The van der Waals surface area contributed by atoms with Gasteiger partial charge in [0, 0.05) is 18.0 Å². The Kier molecular flexibility index (Phi) is 2.18. The molecular weight excluding hydrogens is 176 g/mol. The molecule has 2 aromatic rings. The normalized spacial score (nSPS) is 10.1. The minimum atomic E-state index is 0.617. The maximum atomic E-state index is 4.28. The van der Waals surface area contributed by atoms with Crippen molar-refractivity contribution in [2.45, 2.75) is 13.8 Å². The number of aromatic nitrogens is 4. The van der Waals surface area contributed by atoms with Crippen LogP contribution in [0.2, 0.25) is 0 Å². The summed E-state index contributed by atoms with van der Waals surface area (Å²) in [7, 11) is 0. The molecule has 4 nitrogen and oxygen atoms in total. The summed E-state index contributed by atoms with van der Waals surface area (Å²) in [6, 6.07) is 1.77. The maximum absolute atomic E-state index is 4.28. The monoisotopic (exact) mass is 185 g/mol. The lowest BCUT2D eigenvalue weighted by atomic mass is 10.2. The van der Waals surface area contributed by atoms with Gasteiger partial charge < -0.3 is 0 Å². The van der Waals surface area contributed by atoms with Crippen molar-refractivity contribution in [3.05, 3.63) is 36.0 Å². The third-order valence-corrected chi connectivity index (χ3v) is 1.79. The summed E-state index contributed by atoms with van der Waals surface area (Å²) in [5, 5.41) is 0. The molecule has 0 saturated heterocycles. The Hall–Kier alpha value is -1.84. The molecule has 4 heteroatoms. The summed E-state index contributed by atoms with van der Waals surface area (Å²) in [4.78, 5) is 16.5. The molecule has 0 aliphatic carbocycles. The first-order valence-electron chi connectivity index (χ1n) is 4.27. The van der Waals surface area contributed by atoms with Crippen LogP contribution >= 0.6 is 0 Å². The van der Waals surface area contributed by atoms with Crippen molar-refractivity contribution in [2.24, 2.45) is 0 Å². The minimum absolute atomic E-state index is 0.617. The van der Waals surface area contributed by atoms with Gasteiger partial charge in [-0.3, -0.25) is 0 Å². The van der Waals surface area contributed by atoms with Crippen LogP contribution in [0.1, 0.15) is 11.4 Å². The molecule has 0 atom stereocenters. The van der Waals surface area contributed by atoms with Crippen molar-refractivity contribution >= 4 is 0 Å². The Morgan fingerprint density at radius 3 is 2.57 bits per heavy atom. The molecule has 2 aromatic heterocycles. The summed E-state index contributed by atoms with van der Waals surface area (Å²) in [6.07, 6.45) is 6.26. The number of hydrogen-bond acceptors (Lipinski definition) is 4. The lowest BCUT2D eigenvalue weighted by Crippen LogP contribution is -1.97. The molecule has 0 aliphatic rings. The Morgan fingerprint density at radius 2 is 1.86 bits per heavy atom. The first-order chi connectivity index (χ1) is 6.77. The number of hydrogen-bond donors (Lipinski definition) is 0. The molecule has 0 aliphatic heterocycles. The van der Waals surface area contributed by atoms with E-state index in [9.17, 15) is 0 Å². The number of aryl methyl sites for hydroxylation is 2. The predicted molar refractivity (Wildman–Crippen MR) is 51.4 cm³/mol. The Balaban J connectivity index is 2.57. The molecule has 0 saturated carbocycles. The Bertz CT molecular complexity index is 439. The van der Waals surface area contributed by atoms with Crippen molar-refractivity contribution in [3.8, 4) is 11.5 Å². The smallest absolute Gasteiger partial charge is 0.178 e. The van der Waals surface area contributed by atoms with Crippen molar-refractivity contribution < 1.29 is 0 Å². The highest BCUT2D eigenvalue weighted by Crippen LogP contribution is 2.14. The fourth-order valence-corrected chi connectivity index (χ4v) is 1.13. The van der Waals surface area contributed by atoms with Gasteiger partial charge >= 0.3 is 0 Å². The molecule has 0 unspecified atom stereocenters. The fraction of sp³-hybridized carbons (Fsp3) is 0.200. The molecule has 0 aromatic carbocycles. The topological polar surface area (TPSA) is 51.6 Å². The molecule has 0 amide bonds. The van der Waals surface area contributed by atoms with Crippen LogP contribution in [0.4, 0.5) is 0 Å². The summed E-state index contributed by atoms with van der Waals surface area (Å²) < 4.78 is 0. The van der Waals surface area contributed by atoms with Crippen LogP contribution in [0.3, 0.4) is 0 Å². The zero-order chi connectivity index (χ0) is 9.97. The van der Waals surface area contributed by atoms with Gasteiger partial charge in [0.05, 0.1) is 6.20 Å². The Morgan fingerprint density at radius 1 is 1.14 bits per heavy atom. The van der Waals surface area contributed by atoms with E-state index in [1.54, 1.807) is 18.5 Å². The second kappa shape index (κ2) is 3.49. The van der Waals surface area contributed by atoms with E-state index in [1.807, 2.05) is 13.8 Å². The van der Waals surface area contributed by atoms with Crippen LogP contribution in [-0.4, -0.2) is 19.9 Å². The summed E-state index contributed by atoms with van der Waals surface area (Å²) in [5.74, 6) is 1.30. The second-order valence-electron chi connectivity index (χ2n) is 2.93. The van der Waals surface area contributed by atoms with Crippen molar-refractivity contribution in [1.82, 2.24) is 19.9 Å². The van der Waals surface area contributed by atoms with Gasteiger partial charge in [0.2, 0.25) is 0 Å². The highest BCUT2D eigenvalue weighted by atomic mass is 14.9. The molecule has 1 radical (unpaired) electrons. The second-order valence-corrected chi connectivity index (χ2v) is 2.93. The molecular formula is C10H9N4. The van der Waals surface area contributed by atoms with E-state index in [0.29, 0.717) is 11.6 Å². The molecule has 2 rings (SSSR count). The van der Waals surface area contributed by atoms with E-state index in [2.05, 4.69) is 26.1 Å². The van der Waals surface area contributed by atoms with Crippen LogP contribution in [0.15, 0.2) is 18.5 Å². The van der Waals surface area contributed by atoms with Gasteiger partial charge in [0.15, 0.2) is 5.82 Å². The maximum Gasteiger partial charge on any atom is 0.178 e. The van der Waals surface area contributed by atoms with Crippen LogP contribution in [0.25, 0.3) is 11.5 Å². The number of nitrogens with zero attached hydrogens (tertiary/aromatic N) is 4. The molecule has 14 heavy (non-hydrogen) atoms. The molecule has 0 bridgehead atoms. The van der Waals surface area contributed by atoms with Gasteiger partial charge in [-0.2, -0.15) is 0 Å². The number of rotatable bonds is 1. The van der Waals surface area contributed by atoms with Crippen molar-refractivity contribution in [3.63, 3.8) is 0 Å². The summed E-state index contributed by atoms with van der Waals surface area (Å²) >= 11 is 0. The van der Waals surface area contributed by atoms with E-state index >= 15 is 0 Å². The highest BCUT2D eigenvalue weighted by Gasteiger charge is 2.06. The van der Waals surface area contributed by atoms with Gasteiger partial charge in [-0.1, -0.05) is 0 Å². The van der Waals surface area contributed by atoms with Crippen LogP contribution < -0.4 is 0 Å². The molecule has 69 valence electrons. The SMILES string of the molecule is Cc1n[c]c(C)c(-c2ncccn2)n1. The van der Waals surface area contributed by atoms with E-state index in [1.165, 1.54) is 0 Å². The lowest BCUT2D eigenvalue weighted by molar-refractivity contribution is 1.01. The summed E-state index contributed by atoms with van der Waals surface area (Å²) in [5.41, 5.74) is 1.61. The first-order valence-corrected chi connectivity index (χ1v) is 4.27.